The molecule has 2 atom stereocenters. The molecule has 1 aromatic rings. The number of aliphatic hydroxyl groups excluding tert-OH is 1. The zero-order valence-corrected chi connectivity index (χ0v) is 12.7. The van der Waals surface area contributed by atoms with Crippen LogP contribution in [-0.4, -0.2) is 17.0 Å². The van der Waals surface area contributed by atoms with Crippen LogP contribution in [0.4, 0.5) is 4.39 Å². The molecule has 0 bridgehead atoms. The highest BCUT2D eigenvalue weighted by molar-refractivity contribution is 7.99. The highest BCUT2D eigenvalue weighted by Crippen LogP contribution is 2.34. The molecule has 1 saturated carbocycles. The molecule has 1 nitrogen and oxygen atoms in total. The fourth-order valence-electron chi connectivity index (χ4n) is 2.66. The summed E-state index contributed by atoms with van der Waals surface area (Å²) in [7, 11) is 0. The first kappa shape index (κ1) is 15.4. The lowest BCUT2D eigenvalue weighted by atomic mass is 9.91. The smallest absolute Gasteiger partial charge is 0.124 e. The molecule has 0 spiro atoms. The van der Waals surface area contributed by atoms with Gasteiger partial charge in [0.2, 0.25) is 0 Å². The van der Waals surface area contributed by atoms with Crippen molar-refractivity contribution in [1.82, 2.24) is 0 Å². The van der Waals surface area contributed by atoms with Gasteiger partial charge in [-0.2, -0.15) is 11.8 Å². The lowest BCUT2D eigenvalue weighted by molar-refractivity contribution is 0.350. The van der Waals surface area contributed by atoms with Crippen molar-refractivity contribution in [1.29, 1.82) is 0 Å². The normalized spacial score (nSPS) is 22.1. The van der Waals surface area contributed by atoms with E-state index in [0.29, 0.717) is 10.8 Å². The van der Waals surface area contributed by atoms with Crippen molar-refractivity contribution in [3.05, 3.63) is 35.1 Å². The summed E-state index contributed by atoms with van der Waals surface area (Å²) in [6.07, 6.45) is 5.23. The fourth-order valence-corrected chi connectivity index (χ4v) is 4.13. The highest BCUT2D eigenvalue weighted by Gasteiger charge is 2.19. The molecule has 0 aliphatic heterocycles. The molecule has 0 heterocycles. The number of rotatable bonds is 3. The van der Waals surface area contributed by atoms with E-state index < -0.39 is 0 Å². The maximum Gasteiger partial charge on any atom is 0.124 e. The molecular formula is C17H21FOS. The van der Waals surface area contributed by atoms with Crippen LogP contribution >= 0.6 is 11.8 Å². The number of benzene rings is 1. The molecule has 3 heteroatoms. The Hall–Kier alpha value is -0.980. The average Bonchev–Trinajstić information content (AvgIpc) is 2.44. The minimum Gasteiger partial charge on any atom is -0.384 e. The fraction of sp³-hybridized carbons (Fsp3) is 0.529. The molecule has 1 N–H and O–H groups in total. The van der Waals surface area contributed by atoms with E-state index in [1.165, 1.54) is 37.8 Å². The molecule has 0 aromatic heterocycles. The molecule has 1 aliphatic carbocycles. The molecule has 0 saturated heterocycles. The predicted octanol–water partition coefficient (Wildman–Crippen LogP) is 3.98. The Bertz CT molecular complexity index is 503. The van der Waals surface area contributed by atoms with Gasteiger partial charge in [0.1, 0.15) is 12.4 Å². The molecule has 1 aliphatic rings. The van der Waals surface area contributed by atoms with Crippen LogP contribution in [0.5, 0.6) is 0 Å². The lowest BCUT2D eigenvalue weighted by Gasteiger charge is -2.26. The van der Waals surface area contributed by atoms with Crippen LogP contribution in [0.25, 0.3) is 0 Å². The first-order valence-electron chi connectivity index (χ1n) is 7.19. The zero-order valence-electron chi connectivity index (χ0n) is 11.9. The topological polar surface area (TPSA) is 20.2 Å². The Morgan fingerprint density at radius 1 is 1.40 bits per heavy atom. The van der Waals surface area contributed by atoms with Gasteiger partial charge >= 0.3 is 0 Å². The van der Waals surface area contributed by atoms with Gasteiger partial charge in [-0.1, -0.05) is 37.7 Å². The quantitative estimate of drug-likeness (QED) is 0.850. The van der Waals surface area contributed by atoms with Crippen molar-refractivity contribution in [2.75, 3.05) is 6.61 Å². The summed E-state index contributed by atoms with van der Waals surface area (Å²) >= 11 is 1.95. The predicted molar refractivity (Wildman–Crippen MR) is 83.1 cm³/mol. The third-order valence-electron chi connectivity index (χ3n) is 3.74. The number of hydrogen-bond acceptors (Lipinski definition) is 2. The van der Waals surface area contributed by atoms with Crippen molar-refractivity contribution < 1.29 is 9.50 Å². The highest BCUT2D eigenvalue weighted by atomic mass is 32.2. The standard InChI is InChI=1S/C17H21FOS/c1-13-4-2-6-17(10-13)20-12-15-7-8-16(18)11-14(15)5-3-9-19/h7-8,11,13,17,19H,2,4,6,9-10,12H2,1H3. The van der Waals surface area contributed by atoms with Gasteiger partial charge in [0, 0.05) is 16.6 Å². The summed E-state index contributed by atoms with van der Waals surface area (Å²) in [4.78, 5) is 0. The summed E-state index contributed by atoms with van der Waals surface area (Å²) < 4.78 is 13.3. The zero-order chi connectivity index (χ0) is 14.4. The van der Waals surface area contributed by atoms with Gasteiger partial charge in [-0.25, -0.2) is 4.39 Å². The van der Waals surface area contributed by atoms with Gasteiger partial charge in [-0.05, 0) is 36.5 Å². The van der Waals surface area contributed by atoms with E-state index in [9.17, 15) is 4.39 Å². The molecule has 0 radical (unpaired) electrons. The molecule has 0 amide bonds. The van der Waals surface area contributed by atoms with E-state index in [1.807, 2.05) is 17.8 Å². The summed E-state index contributed by atoms with van der Waals surface area (Å²) in [5.41, 5.74) is 1.77. The second kappa shape index (κ2) is 7.71. The van der Waals surface area contributed by atoms with E-state index in [0.717, 1.165) is 17.2 Å². The van der Waals surface area contributed by atoms with Crippen LogP contribution in [0.1, 0.15) is 43.7 Å². The molecule has 1 fully saturated rings. The van der Waals surface area contributed by atoms with E-state index >= 15 is 0 Å². The Morgan fingerprint density at radius 2 is 2.25 bits per heavy atom. The number of aliphatic hydroxyl groups is 1. The Kier molecular flexibility index (Phi) is 5.94. The summed E-state index contributed by atoms with van der Waals surface area (Å²) in [5.74, 6) is 6.87. The Labute approximate surface area is 125 Å². The van der Waals surface area contributed by atoms with Crippen LogP contribution in [0.3, 0.4) is 0 Å². The van der Waals surface area contributed by atoms with Gasteiger partial charge in [0.25, 0.3) is 0 Å². The molecule has 20 heavy (non-hydrogen) atoms. The van der Waals surface area contributed by atoms with Gasteiger partial charge < -0.3 is 5.11 Å². The van der Waals surface area contributed by atoms with Gasteiger partial charge in [0.05, 0.1) is 0 Å². The Balaban J connectivity index is 2.01. The van der Waals surface area contributed by atoms with E-state index in [4.69, 9.17) is 5.11 Å². The summed E-state index contributed by atoms with van der Waals surface area (Å²) in [6, 6.07) is 4.77. The van der Waals surface area contributed by atoms with Gasteiger partial charge in [-0.15, -0.1) is 0 Å². The van der Waals surface area contributed by atoms with Crippen molar-refractivity contribution >= 4 is 11.8 Å². The number of hydrogen-bond donors (Lipinski definition) is 1. The van der Waals surface area contributed by atoms with Crippen LogP contribution < -0.4 is 0 Å². The number of halogens is 1. The minimum atomic E-state index is -0.271. The van der Waals surface area contributed by atoms with Crippen molar-refractivity contribution in [2.45, 2.75) is 43.6 Å². The monoisotopic (exact) mass is 292 g/mol. The Morgan fingerprint density at radius 3 is 3.00 bits per heavy atom. The maximum atomic E-state index is 13.3. The third-order valence-corrected chi connectivity index (χ3v) is 5.11. The van der Waals surface area contributed by atoms with Crippen molar-refractivity contribution in [2.24, 2.45) is 5.92 Å². The second-order valence-electron chi connectivity index (χ2n) is 5.47. The summed E-state index contributed by atoms with van der Waals surface area (Å²) in [6.45, 7) is 2.13. The van der Waals surface area contributed by atoms with Crippen LogP contribution in [0.15, 0.2) is 18.2 Å². The van der Waals surface area contributed by atoms with Crippen LogP contribution in [-0.2, 0) is 5.75 Å². The molecule has 1 aromatic carbocycles. The lowest BCUT2D eigenvalue weighted by Crippen LogP contribution is -2.15. The molecule has 2 rings (SSSR count). The minimum absolute atomic E-state index is 0.191. The first-order chi connectivity index (χ1) is 9.69. The van der Waals surface area contributed by atoms with Crippen molar-refractivity contribution in [3.63, 3.8) is 0 Å². The van der Waals surface area contributed by atoms with Crippen LogP contribution in [0.2, 0.25) is 0 Å². The first-order valence-corrected chi connectivity index (χ1v) is 8.23. The van der Waals surface area contributed by atoms with E-state index in [2.05, 4.69) is 18.8 Å². The second-order valence-corrected chi connectivity index (χ2v) is 6.75. The van der Waals surface area contributed by atoms with Gasteiger partial charge in [-0.3, -0.25) is 0 Å². The SMILES string of the molecule is CC1CCCC(SCc2ccc(F)cc2C#CCO)C1. The van der Waals surface area contributed by atoms with Gasteiger partial charge in [0.15, 0.2) is 0 Å². The molecular weight excluding hydrogens is 271 g/mol. The average molecular weight is 292 g/mol. The molecule has 108 valence electrons. The largest absolute Gasteiger partial charge is 0.384 e. The molecule has 2 unspecified atom stereocenters. The van der Waals surface area contributed by atoms with Crippen molar-refractivity contribution in [3.8, 4) is 11.8 Å². The third kappa shape index (κ3) is 4.54. The number of thioether (sulfide) groups is 1. The van der Waals surface area contributed by atoms with Crippen LogP contribution in [0, 0.1) is 23.6 Å². The van der Waals surface area contributed by atoms with E-state index in [-0.39, 0.29) is 12.4 Å². The van der Waals surface area contributed by atoms with E-state index in [1.54, 1.807) is 0 Å². The summed E-state index contributed by atoms with van der Waals surface area (Å²) in [5, 5.41) is 9.49. The maximum absolute atomic E-state index is 13.3.